The van der Waals surface area contributed by atoms with Crippen molar-refractivity contribution in [3.05, 3.63) is 0 Å². The number of hydrogen-bond acceptors (Lipinski definition) is 3. The smallest absolute Gasteiger partial charge is 0.320 e. The molecule has 0 saturated heterocycles. The summed E-state index contributed by atoms with van der Waals surface area (Å²) in [6.45, 7) is 2.53. The molecule has 0 aromatic carbocycles. The van der Waals surface area contributed by atoms with Crippen LogP contribution in [0, 0.1) is 0 Å². The van der Waals surface area contributed by atoms with Gasteiger partial charge < -0.3 is 10.2 Å². The van der Waals surface area contributed by atoms with Crippen molar-refractivity contribution in [2.24, 2.45) is 0 Å². The van der Waals surface area contributed by atoms with Crippen molar-refractivity contribution in [2.75, 3.05) is 13.6 Å². The average Bonchev–Trinajstić information content (AvgIpc) is 2.06. The lowest BCUT2D eigenvalue weighted by Crippen LogP contribution is -2.44. The predicted molar refractivity (Wildman–Crippen MR) is 56.2 cm³/mol. The zero-order chi connectivity index (χ0) is 9.56. The first-order valence-corrected chi connectivity index (χ1v) is 4.28. The van der Waals surface area contributed by atoms with E-state index in [1.807, 2.05) is 6.92 Å². The highest BCUT2D eigenvalue weighted by Crippen LogP contribution is 1.85. The first-order valence-electron chi connectivity index (χ1n) is 3.40. The van der Waals surface area contributed by atoms with Gasteiger partial charge >= 0.3 is 6.03 Å². The summed E-state index contributed by atoms with van der Waals surface area (Å²) in [6.07, 6.45) is 0. The predicted octanol–water partition coefficient (Wildman–Crippen LogP) is 0.479. The molecule has 0 heterocycles. The van der Waals surface area contributed by atoms with Gasteiger partial charge in [0, 0.05) is 13.6 Å². The van der Waals surface area contributed by atoms with Crippen LogP contribution in [0.4, 0.5) is 4.79 Å². The number of thiocarbonyl (C=S) groups is 2. The van der Waals surface area contributed by atoms with Gasteiger partial charge in [-0.25, -0.2) is 4.79 Å². The van der Waals surface area contributed by atoms with Crippen LogP contribution >= 0.6 is 24.4 Å². The summed E-state index contributed by atoms with van der Waals surface area (Å²) in [5.74, 6) is 0. The van der Waals surface area contributed by atoms with Gasteiger partial charge in [0.25, 0.3) is 0 Å². The number of carbonyl (C=O) groups is 1. The molecule has 0 bridgehead atoms. The summed E-state index contributed by atoms with van der Waals surface area (Å²) in [4.78, 5) is 12.4. The molecule has 2 N–H and O–H groups in total. The van der Waals surface area contributed by atoms with E-state index < -0.39 is 0 Å². The second-order valence-electron chi connectivity index (χ2n) is 1.90. The highest BCUT2D eigenvalue weighted by Gasteiger charge is 2.06. The zero-order valence-corrected chi connectivity index (χ0v) is 8.59. The van der Waals surface area contributed by atoms with Crippen LogP contribution in [-0.2, 0) is 0 Å². The van der Waals surface area contributed by atoms with Gasteiger partial charge in [-0.15, -0.1) is 0 Å². The molecular formula is C6H11N3OS2. The lowest BCUT2D eigenvalue weighted by Gasteiger charge is -2.17. The van der Waals surface area contributed by atoms with Crippen LogP contribution in [0.5, 0.6) is 0 Å². The summed E-state index contributed by atoms with van der Waals surface area (Å²) in [7, 11) is 1.52. The van der Waals surface area contributed by atoms with Gasteiger partial charge in [-0.05, 0) is 19.1 Å². The van der Waals surface area contributed by atoms with Gasteiger partial charge in [-0.3, -0.25) is 5.32 Å². The van der Waals surface area contributed by atoms with Crippen molar-refractivity contribution >= 4 is 41.1 Å². The van der Waals surface area contributed by atoms with E-state index in [1.165, 1.54) is 12.5 Å². The number of hydrogen-bond donors (Lipinski definition) is 2. The van der Waals surface area contributed by atoms with Crippen molar-refractivity contribution in [1.82, 2.24) is 15.5 Å². The fourth-order valence-corrected chi connectivity index (χ4v) is 1.09. The molecule has 0 rings (SSSR count). The highest BCUT2D eigenvalue weighted by atomic mass is 32.1. The Labute approximate surface area is 82.3 Å². The van der Waals surface area contributed by atoms with Gasteiger partial charge in [0.05, 0.1) is 5.49 Å². The molecule has 4 nitrogen and oxygen atoms in total. The first-order chi connectivity index (χ1) is 5.65. The Kier molecular flexibility index (Phi) is 5.48. The maximum atomic E-state index is 10.8. The van der Waals surface area contributed by atoms with E-state index in [9.17, 15) is 4.79 Å². The third-order valence-corrected chi connectivity index (χ3v) is 1.77. The van der Waals surface area contributed by atoms with Gasteiger partial charge in [-0.1, -0.05) is 12.2 Å². The van der Waals surface area contributed by atoms with Gasteiger partial charge in [0.1, 0.15) is 0 Å². The van der Waals surface area contributed by atoms with Crippen LogP contribution < -0.4 is 10.6 Å². The Balaban J connectivity index is 4.01. The fourth-order valence-electron chi connectivity index (χ4n) is 0.497. The maximum Gasteiger partial charge on any atom is 0.320 e. The SMILES string of the molecule is CCN(C=S)C(=S)NC(=O)NC. The zero-order valence-electron chi connectivity index (χ0n) is 6.96. The molecule has 0 aliphatic carbocycles. The van der Waals surface area contributed by atoms with Crippen LogP contribution in [-0.4, -0.2) is 35.1 Å². The third-order valence-electron chi connectivity index (χ3n) is 1.18. The van der Waals surface area contributed by atoms with Gasteiger partial charge in [-0.2, -0.15) is 0 Å². The molecule has 0 aromatic rings. The van der Waals surface area contributed by atoms with E-state index in [2.05, 4.69) is 22.9 Å². The molecule has 0 saturated carbocycles. The van der Waals surface area contributed by atoms with E-state index in [1.54, 1.807) is 4.90 Å². The van der Waals surface area contributed by atoms with Crippen LogP contribution in [0.25, 0.3) is 0 Å². The highest BCUT2D eigenvalue weighted by molar-refractivity contribution is 7.81. The minimum atomic E-state index is -0.338. The Morgan fingerprint density at radius 3 is 2.58 bits per heavy atom. The molecule has 12 heavy (non-hydrogen) atoms. The molecule has 0 atom stereocenters. The van der Waals surface area contributed by atoms with Crippen LogP contribution in [0.15, 0.2) is 0 Å². The van der Waals surface area contributed by atoms with Crippen LogP contribution in [0.2, 0.25) is 0 Å². The topological polar surface area (TPSA) is 44.4 Å². The quantitative estimate of drug-likeness (QED) is 0.644. The number of carbonyl (C=O) groups excluding carboxylic acids is 1. The Hall–Kier alpha value is -0.750. The van der Waals surface area contributed by atoms with Crippen LogP contribution in [0.1, 0.15) is 6.92 Å². The second-order valence-corrected chi connectivity index (χ2v) is 2.50. The van der Waals surface area contributed by atoms with Crippen LogP contribution in [0.3, 0.4) is 0 Å². The third kappa shape index (κ3) is 3.59. The molecule has 68 valence electrons. The second kappa shape index (κ2) is 5.84. The lowest BCUT2D eigenvalue weighted by molar-refractivity contribution is 0.247. The summed E-state index contributed by atoms with van der Waals surface area (Å²) in [5.41, 5.74) is 1.40. The Morgan fingerprint density at radius 1 is 1.67 bits per heavy atom. The molecule has 0 aliphatic heterocycles. The molecule has 2 amide bonds. The molecule has 6 heteroatoms. The standard InChI is InChI=1S/C6H11N3OS2/c1-3-9(4-11)6(12)8-5(10)7-2/h4H,3H2,1-2H3,(H2,7,8,10,12). The molecule has 0 aliphatic rings. The number of amides is 2. The molecule has 0 spiro atoms. The lowest BCUT2D eigenvalue weighted by atomic mass is 10.6. The Bertz CT molecular complexity index is 195. The van der Waals surface area contributed by atoms with Crippen molar-refractivity contribution in [3.63, 3.8) is 0 Å². The first kappa shape index (κ1) is 11.2. The normalized spacial score (nSPS) is 8.50. The average molecular weight is 205 g/mol. The van der Waals surface area contributed by atoms with Crippen molar-refractivity contribution in [3.8, 4) is 0 Å². The van der Waals surface area contributed by atoms with Gasteiger partial charge in [0.15, 0.2) is 5.11 Å². The summed E-state index contributed by atoms with van der Waals surface area (Å²) < 4.78 is 0. The van der Waals surface area contributed by atoms with E-state index in [0.717, 1.165) is 0 Å². The Morgan fingerprint density at radius 2 is 2.25 bits per heavy atom. The molecular weight excluding hydrogens is 194 g/mol. The molecule has 0 fully saturated rings. The van der Waals surface area contributed by atoms with E-state index in [4.69, 9.17) is 12.2 Å². The molecule has 0 radical (unpaired) electrons. The number of nitrogens with one attached hydrogen (secondary N) is 2. The largest absolute Gasteiger partial charge is 0.341 e. The van der Waals surface area contributed by atoms with Crippen molar-refractivity contribution < 1.29 is 4.79 Å². The summed E-state index contributed by atoms with van der Waals surface area (Å²) in [6, 6.07) is -0.338. The van der Waals surface area contributed by atoms with E-state index in [-0.39, 0.29) is 6.03 Å². The van der Waals surface area contributed by atoms with Gasteiger partial charge in [0.2, 0.25) is 0 Å². The summed E-state index contributed by atoms with van der Waals surface area (Å²) in [5, 5.41) is 5.14. The number of nitrogens with zero attached hydrogens (tertiary/aromatic N) is 1. The van der Waals surface area contributed by atoms with Crippen molar-refractivity contribution in [1.29, 1.82) is 0 Å². The molecule has 0 aromatic heterocycles. The minimum absolute atomic E-state index is 0.312. The van der Waals surface area contributed by atoms with E-state index in [0.29, 0.717) is 11.7 Å². The monoisotopic (exact) mass is 205 g/mol. The van der Waals surface area contributed by atoms with Crippen molar-refractivity contribution in [2.45, 2.75) is 6.92 Å². The fraction of sp³-hybridized carbons (Fsp3) is 0.500. The number of urea groups is 1. The van der Waals surface area contributed by atoms with E-state index >= 15 is 0 Å². The molecule has 0 unspecified atom stereocenters. The maximum absolute atomic E-state index is 10.8. The minimum Gasteiger partial charge on any atom is -0.341 e. The summed E-state index contributed by atoms with van der Waals surface area (Å²) >= 11 is 9.55. The number of rotatable bonds is 2.